The summed E-state index contributed by atoms with van der Waals surface area (Å²) in [6.07, 6.45) is 0. The topological polar surface area (TPSA) is 84.0 Å². The molecular weight excluding hydrogens is 352 g/mol. The van der Waals surface area contributed by atoms with Crippen LogP contribution in [0.2, 0.25) is 0 Å². The largest absolute Gasteiger partial charge is 0.352 e. The molecule has 6 heteroatoms. The van der Waals surface area contributed by atoms with Crippen LogP contribution in [0.3, 0.4) is 0 Å². The second-order valence-electron chi connectivity index (χ2n) is 7.08. The number of carbonyl (C=O) groups is 2. The molecule has 0 saturated heterocycles. The molecular formula is C22H24N4O2. The Hall–Kier alpha value is -3.28. The number of aryl methyl sites for hydroxylation is 2. The van der Waals surface area contributed by atoms with Crippen LogP contribution in [0.4, 0.5) is 0 Å². The van der Waals surface area contributed by atoms with Gasteiger partial charge in [-0.1, -0.05) is 30.3 Å². The van der Waals surface area contributed by atoms with Crippen LogP contribution in [0.15, 0.2) is 48.5 Å². The molecule has 3 aromatic rings. The number of nitrogens with one attached hydrogen (secondary N) is 2. The summed E-state index contributed by atoms with van der Waals surface area (Å²) in [5.41, 5.74) is 4.22. The highest BCUT2D eigenvalue weighted by Crippen LogP contribution is 2.17. The summed E-state index contributed by atoms with van der Waals surface area (Å²) in [6.45, 7) is 7.55. The molecule has 2 amide bonds. The number of hydrogen-bond donors (Lipinski definition) is 2. The third kappa shape index (κ3) is 4.34. The molecule has 28 heavy (non-hydrogen) atoms. The SMILES string of the molecule is Cc1nc2ccc(C(=O)N[C@H](C(=O)NC(C)C)c3ccccc3)cc2nc1C. The van der Waals surface area contributed by atoms with Gasteiger partial charge in [0, 0.05) is 11.6 Å². The summed E-state index contributed by atoms with van der Waals surface area (Å²) in [6, 6.07) is 13.6. The highest BCUT2D eigenvalue weighted by atomic mass is 16.2. The summed E-state index contributed by atoms with van der Waals surface area (Å²) >= 11 is 0. The predicted molar refractivity (Wildman–Crippen MR) is 109 cm³/mol. The molecule has 2 aromatic carbocycles. The Morgan fingerprint density at radius 1 is 0.857 bits per heavy atom. The molecule has 1 heterocycles. The lowest BCUT2D eigenvalue weighted by molar-refractivity contribution is -0.123. The number of nitrogens with zero attached hydrogens (tertiary/aromatic N) is 2. The van der Waals surface area contributed by atoms with Crippen molar-refractivity contribution in [1.29, 1.82) is 0 Å². The maximum Gasteiger partial charge on any atom is 0.252 e. The molecule has 0 fully saturated rings. The molecule has 0 aliphatic carbocycles. The predicted octanol–water partition coefficient (Wildman–Crippen LogP) is 3.24. The van der Waals surface area contributed by atoms with Crippen LogP contribution in [0.5, 0.6) is 0 Å². The number of carbonyl (C=O) groups excluding carboxylic acids is 2. The first kappa shape index (κ1) is 19.5. The average Bonchev–Trinajstić information content (AvgIpc) is 2.66. The van der Waals surface area contributed by atoms with Gasteiger partial charge in [0.1, 0.15) is 6.04 Å². The highest BCUT2D eigenvalue weighted by Gasteiger charge is 2.24. The zero-order valence-electron chi connectivity index (χ0n) is 16.5. The normalized spacial score (nSPS) is 12.0. The van der Waals surface area contributed by atoms with Crippen LogP contribution < -0.4 is 10.6 Å². The van der Waals surface area contributed by atoms with Crippen molar-refractivity contribution in [3.05, 3.63) is 71.0 Å². The van der Waals surface area contributed by atoms with Crippen molar-refractivity contribution in [2.75, 3.05) is 0 Å². The monoisotopic (exact) mass is 376 g/mol. The van der Waals surface area contributed by atoms with Crippen LogP contribution in [0, 0.1) is 13.8 Å². The number of fused-ring (bicyclic) bond motifs is 1. The Balaban J connectivity index is 1.90. The van der Waals surface area contributed by atoms with Crippen molar-refractivity contribution in [3.8, 4) is 0 Å². The van der Waals surface area contributed by atoms with Gasteiger partial charge in [-0.15, -0.1) is 0 Å². The van der Waals surface area contributed by atoms with Gasteiger partial charge < -0.3 is 10.6 Å². The van der Waals surface area contributed by atoms with Crippen LogP contribution in [-0.2, 0) is 4.79 Å². The number of hydrogen-bond acceptors (Lipinski definition) is 4. The fourth-order valence-corrected chi connectivity index (χ4v) is 2.90. The molecule has 0 radical (unpaired) electrons. The first-order chi connectivity index (χ1) is 13.3. The summed E-state index contributed by atoms with van der Waals surface area (Å²) in [4.78, 5) is 34.5. The molecule has 0 aliphatic heterocycles. The van der Waals surface area contributed by atoms with Crippen LogP contribution in [0.1, 0.15) is 47.2 Å². The van der Waals surface area contributed by atoms with E-state index in [1.165, 1.54) is 0 Å². The van der Waals surface area contributed by atoms with Crippen LogP contribution >= 0.6 is 0 Å². The third-order valence-electron chi connectivity index (χ3n) is 4.44. The first-order valence-electron chi connectivity index (χ1n) is 9.26. The lowest BCUT2D eigenvalue weighted by Crippen LogP contribution is -2.42. The van der Waals surface area contributed by atoms with E-state index in [-0.39, 0.29) is 17.9 Å². The summed E-state index contributed by atoms with van der Waals surface area (Å²) < 4.78 is 0. The van der Waals surface area contributed by atoms with Crippen LogP contribution in [-0.4, -0.2) is 27.8 Å². The standard InChI is InChI=1S/C22H24N4O2/c1-13(2)23-22(28)20(16-8-6-5-7-9-16)26-21(27)17-10-11-18-19(12-17)25-15(4)14(3)24-18/h5-13,20H,1-4H3,(H,23,28)(H,26,27)/t20-/m0/s1. The van der Waals surface area contributed by atoms with Gasteiger partial charge in [-0.2, -0.15) is 0 Å². The molecule has 1 aromatic heterocycles. The van der Waals surface area contributed by atoms with Gasteiger partial charge in [0.15, 0.2) is 0 Å². The lowest BCUT2D eigenvalue weighted by atomic mass is 10.0. The number of amides is 2. The van der Waals surface area contributed by atoms with Crippen molar-refractivity contribution < 1.29 is 9.59 Å². The van der Waals surface area contributed by atoms with Gasteiger partial charge in [-0.05, 0) is 51.5 Å². The first-order valence-corrected chi connectivity index (χ1v) is 9.26. The summed E-state index contributed by atoms with van der Waals surface area (Å²) in [5.74, 6) is -0.587. The van der Waals surface area contributed by atoms with Crippen molar-refractivity contribution >= 4 is 22.8 Å². The van der Waals surface area contributed by atoms with Crippen LogP contribution in [0.25, 0.3) is 11.0 Å². The van der Waals surface area contributed by atoms with E-state index in [4.69, 9.17) is 0 Å². The average molecular weight is 376 g/mol. The number of rotatable bonds is 5. The van der Waals surface area contributed by atoms with E-state index in [1.807, 2.05) is 58.0 Å². The second kappa shape index (κ2) is 8.17. The van der Waals surface area contributed by atoms with Gasteiger partial charge in [-0.25, -0.2) is 9.97 Å². The molecule has 0 unspecified atom stereocenters. The smallest absolute Gasteiger partial charge is 0.252 e. The van der Waals surface area contributed by atoms with Crippen molar-refractivity contribution in [1.82, 2.24) is 20.6 Å². The van der Waals surface area contributed by atoms with Gasteiger partial charge in [0.05, 0.1) is 22.4 Å². The quantitative estimate of drug-likeness (QED) is 0.716. The Kier molecular flexibility index (Phi) is 5.68. The Bertz CT molecular complexity index is 1020. The molecule has 0 aliphatic rings. The van der Waals surface area contributed by atoms with E-state index in [0.717, 1.165) is 22.5 Å². The molecule has 2 N–H and O–H groups in total. The van der Waals surface area contributed by atoms with E-state index in [0.29, 0.717) is 11.1 Å². The fraction of sp³-hybridized carbons (Fsp3) is 0.273. The maximum atomic E-state index is 12.9. The van der Waals surface area contributed by atoms with E-state index >= 15 is 0 Å². The van der Waals surface area contributed by atoms with Gasteiger partial charge in [0.25, 0.3) is 5.91 Å². The number of benzene rings is 2. The minimum atomic E-state index is -0.780. The fourth-order valence-electron chi connectivity index (χ4n) is 2.90. The van der Waals surface area contributed by atoms with Gasteiger partial charge >= 0.3 is 0 Å². The zero-order valence-corrected chi connectivity index (χ0v) is 16.5. The zero-order chi connectivity index (χ0) is 20.3. The van der Waals surface area contributed by atoms with E-state index < -0.39 is 6.04 Å². The van der Waals surface area contributed by atoms with E-state index in [1.54, 1.807) is 18.2 Å². The van der Waals surface area contributed by atoms with Crippen molar-refractivity contribution in [2.24, 2.45) is 0 Å². The number of aromatic nitrogens is 2. The minimum absolute atomic E-state index is 0.0298. The van der Waals surface area contributed by atoms with Crippen molar-refractivity contribution in [3.63, 3.8) is 0 Å². The maximum absolute atomic E-state index is 12.9. The van der Waals surface area contributed by atoms with Crippen molar-refractivity contribution in [2.45, 2.75) is 39.8 Å². The molecule has 0 bridgehead atoms. The Morgan fingerprint density at radius 2 is 1.50 bits per heavy atom. The molecule has 1 atom stereocenters. The Labute approximate surface area is 164 Å². The van der Waals surface area contributed by atoms with Gasteiger partial charge in [0.2, 0.25) is 5.91 Å². The molecule has 144 valence electrons. The third-order valence-corrected chi connectivity index (χ3v) is 4.44. The van der Waals surface area contributed by atoms with E-state index in [9.17, 15) is 9.59 Å². The molecule has 6 nitrogen and oxygen atoms in total. The summed E-state index contributed by atoms with van der Waals surface area (Å²) in [7, 11) is 0. The minimum Gasteiger partial charge on any atom is -0.352 e. The second-order valence-corrected chi connectivity index (χ2v) is 7.08. The lowest BCUT2D eigenvalue weighted by Gasteiger charge is -2.20. The van der Waals surface area contributed by atoms with E-state index in [2.05, 4.69) is 20.6 Å². The van der Waals surface area contributed by atoms with Gasteiger partial charge in [-0.3, -0.25) is 9.59 Å². The Morgan fingerprint density at radius 3 is 2.14 bits per heavy atom. The molecule has 3 rings (SSSR count). The molecule has 0 spiro atoms. The molecule has 0 saturated carbocycles. The summed E-state index contributed by atoms with van der Waals surface area (Å²) in [5, 5.41) is 5.71. The highest BCUT2D eigenvalue weighted by molar-refractivity contribution is 6.00.